The predicted octanol–water partition coefficient (Wildman–Crippen LogP) is 0.954. The van der Waals surface area contributed by atoms with Crippen LogP contribution < -0.4 is 0 Å². The van der Waals surface area contributed by atoms with Crippen LogP contribution in [-0.4, -0.2) is 42.2 Å². The predicted molar refractivity (Wildman–Crippen MR) is 39.8 cm³/mol. The van der Waals surface area contributed by atoms with E-state index in [-0.39, 0.29) is 13.2 Å². The van der Waals surface area contributed by atoms with E-state index in [9.17, 15) is 8.78 Å². The molecule has 0 aromatic rings. The summed E-state index contributed by atoms with van der Waals surface area (Å²) in [6.07, 6.45) is -2.34. The van der Waals surface area contributed by atoms with Gasteiger partial charge < -0.3 is 5.11 Å². The van der Waals surface area contributed by atoms with Crippen molar-refractivity contribution < 1.29 is 13.9 Å². The maximum absolute atomic E-state index is 11.8. The van der Waals surface area contributed by atoms with E-state index in [1.807, 2.05) is 0 Å². The molecule has 0 spiro atoms. The molecule has 68 valence electrons. The smallest absolute Gasteiger partial charge is 0.251 e. The van der Waals surface area contributed by atoms with Gasteiger partial charge in [0.25, 0.3) is 6.43 Å². The van der Waals surface area contributed by atoms with Crippen LogP contribution in [0.2, 0.25) is 0 Å². The second-order valence-corrected chi connectivity index (χ2v) is 3.24. The molecule has 0 fully saturated rings. The van der Waals surface area contributed by atoms with E-state index in [0.29, 0.717) is 0 Å². The summed E-state index contributed by atoms with van der Waals surface area (Å²) in [6.45, 7) is 3.02. The van der Waals surface area contributed by atoms with Crippen molar-refractivity contribution in [3.63, 3.8) is 0 Å². The van der Waals surface area contributed by atoms with Crippen molar-refractivity contribution in [2.45, 2.75) is 25.8 Å². The van der Waals surface area contributed by atoms with Crippen LogP contribution in [0.15, 0.2) is 0 Å². The van der Waals surface area contributed by atoms with Gasteiger partial charge in [-0.2, -0.15) is 0 Å². The molecule has 0 aromatic heterocycles. The van der Waals surface area contributed by atoms with E-state index >= 15 is 0 Å². The van der Waals surface area contributed by atoms with Crippen molar-refractivity contribution >= 4 is 0 Å². The second kappa shape index (κ2) is 3.97. The molecule has 0 saturated heterocycles. The highest BCUT2D eigenvalue weighted by Gasteiger charge is 2.24. The average molecular weight is 167 g/mol. The first kappa shape index (κ1) is 10.8. The first-order valence-corrected chi connectivity index (χ1v) is 3.50. The van der Waals surface area contributed by atoms with E-state index in [1.54, 1.807) is 20.9 Å². The Labute approximate surface area is 65.8 Å². The minimum atomic E-state index is -2.34. The van der Waals surface area contributed by atoms with Crippen molar-refractivity contribution in [1.82, 2.24) is 4.90 Å². The lowest BCUT2D eigenvalue weighted by atomic mass is 10.1. The van der Waals surface area contributed by atoms with Gasteiger partial charge in [0.1, 0.15) is 0 Å². The van der Waals surface area contributed by atoms with Gasteiger partial charge in [-0.1, -0.05) is 0 Å². The van der Waals surface area contributed by atoms with Crippen LogP contribution in [0.4, 0.5) is 8.78 Å². The summed E-state index contributed by atoms with van der Waals surface area (Å²) in [5, 5.41) is 8.79. The molecule has 0 aromatic carbocycles. The number of alkyl halides is 2. The topological polar surface area (TPSA) is 23.5 Å². The molecule has 1 N–H and O–H groups in total. The molecule has 0 bridgehead atoms. The van der Waals surface area contributed by atoms with Crippen molar-refractivity contribution in [3.05, 3.63) is 0 Å². The van der Waals surface area contributed by atoms with Crippen molar-refractivity contribution in [1.29, 1.82) is 0 Å². The Bertz CT molecular complexity index is 117. The monoisotopic (exact) mass is 167 g/mol. The van der Waals surface area contributed by atoms with Crippen LogP contribution in [0.25, 0.3) is 0 Å². The average Bonchev–Trinajstić information content (AvgIpc) is 1.86. The van der Waals surface area contributed by atoms with Crippen molar-refractivity contribution in [2.24, 2.45) is 0 Å². The molecule has 0 radical (unpaired) electrons. The summed E-state index contributed by atoms with van der Waals surface area (Å²) in [6, 6.07) is 0. The Morgan fingerprint density at radius 3 is 2.18 bits per heavy atom. The lowest BCUT2D eigenvalue weighted by Crippen LogP contribution is -2.46. The highest BCUT2D eigenvalue weighted by atomic mass is 19.3. The van der Waals surface area contributed by atoms with Gasteiger partial charge in [-0.15, -0.1) is 0 Å². The zero-order chi connectivity index (χ0) is 9.07. The molecule has 4 heteroatoms. The van der Waals surface area contributed by atoms with E-state index in [4.69, 9.17) is 5.11 Å². The van der Waals surface area contributed by atoms with Crippen LogP contribution >= 0.6 is 0 Å². The van der Waals surface area contributed by atoms with Crippen LogP contribution in [0.5, 0.6) is 0 Å². The van der Waals surface area contributed by atoms with E-state index in [1.165, 1.54) is 4.90 Å². The first-order chi connectivity index (χ1) is 4.90. The molecule has 0 heterocycles. The summed E-state index contributed by atoms with van der Waals surface area (Å²) in [4.78, 5) is 1.44. The molecular formula is C7H15F2NO. The standard InChI is InChI=1S/C7H15F2NO/c1-7(2,5-11)10(3)4-6(8)9/h6,11H,4-5H2,1-3H3. The van der Waals surface area contributed by atoms with Gasteiger partial charge in [-0.05, 0) is 20.9 Å². The Kier molecular flexibility index (Phi) is 3.89. The molecule has 11 heavy (non-hydrogen) atoms. The van der Waals surface area contributed by atoms with E-state index in [2.05, 4.69) is 0 Å². The van der Waals surface area contributed by atoms with E-state index < -0.39 is 12.0 Å². The molecule has 0 atom stereocenters. The second-order valence-electron chi connectivity index (χ2n) is 3.24. The fourth-order valence-corrected chi connectivity index (χ4v) is 0.575. The molecule has 0 rings (SSSR count). The normalized spacial score (nSPS) is 13.1. The van der Waals surface area contributed by atoms with Gasteiger partial charge in [0.15, 0.2) is 0 Å². The number of hydrogen-bond donors (Lipinski definition) is 1. The maximum Gasteiger partial charge on any atom is 0.251 e. The number of nitrogens with zero attached hydrogens (tertiary/aromatic N) is 1. The third-order valence-corrected chi connectivity index (χ3v) is 1.83. The van der Waals surface area contributed by atoms with Crippen LogP contribution in [0.3, 0.4) is 0 Å². The number of aliphatic hydroxyl groups excluding tert-OH is 1. The van der Waals surface area contributed by atoms with Crippen LogP contribution in [0, 0.1) is 0 Å². The third-order valence-electron chi connectivity index (χ3n) is 1.83. The van der Waals surface area contributed by atoms with E-state index in [0.717, 1.165) is 0 Å². The number of likely N-dealkylation sites (N-methyl/N-ethyl adjacent to an activating group) is 1. The van der Waals surface area contributed by atoms with Gasteiger partial charge >= 0.3 is 0 Å². The number of halogens is 2. The SMILES string of the molecule is CN(CC(F)F)C(C)(C)CO. The molecule has 0 aliphatic rings. The fraction of sp³-hybridized carbons (Fsp3) is 1.00. The Morgan fingerprint density at radius 2 is 1.91 bits per heavy atom. The first-order valence-electron chi connectivity index (χ1n) is 3.50. The zero-order valence-electron chi connectivity index (χ0n) is 7.14. The van der Waals surface area contributed by atoms with Crippen LogP contribution in [-0.2, 0) is 0 Å². The Balaban J connectivity index is 3.90. The molecular weight excluding hydrogens is 152 g/mol. The minimum Gasteiger partial charge on any atom is -0.394 e. The summed E-state index contributed by atoms with van der Waals surface area (Å²) < 4.78 is 23.7. The van der Waals surface area contributed by atoms with Crippen LogP contribution in [0.1, 0.15) is 13.8 Å². The molecule has 0 aliphatic carbocycles. The van der Waals surface area contributed by atoms with Gasteiger partial charge in [-0.25, -0.2) is 8.78 Å². The third kappa shape index (κ3) is 3.62. The number of aliphatic hydroxyl groups is 1. The van der Waals surface area contributed by atoms with Gasteiger partial charge in [-0.3, -0.25) is 4.90 Å². The van der Waals surface area contributed by atoms with Gasteiger partial charge in [0, 0.05) is 5.54 Å². The zero-order valence-corrected chi connectivity index (χ0v) is 7.14. The number of rotatable bonds is 4. The van der Waals surface area contributed by atoms with Crippen molar-refractivity contribution in [2.75, 3.05) is 20.2 Å². The fourth-order valence-electron chi connectivity index (χ4n) is 0.575. The summed E-state index contributed by atoms with van der Waals surface area (Å²) in [5.41, 5.74) is -0.559. The largest absolute Gasteiger partial charge is 0.394 e. The van der Waals surface area contributed by atoms with Crippen molar-refractivity contribution in [3.8, 4) is 0 Å². The molecule has 0 saturated carbocycles. The quantitative estimate of drug-likeness (QED) is 0.674. The minimum absolute atomic E-state index is 0.115. The highest BCUT2D eigenvalue weighted by molar-refractivity contribution is 4.77. The number of hydrogen-bond acceptors (Lipinski definition) is 2. The Morgan fingerprint density at radius 1 is 1.45 bits per heavy atom. The summed E-state index contributed by atoms with van der Waals surface area (Å²) >= 11 is 0. The molecule has 0 aliphatic heterocycles. The highest BCUT2D eigenvalue weighted by Crippen LogP contribution is 2.12. The van der Waals surface area contributed by atoms with Gasteiger partial charge in [0.05, 0.1) is 13.2 Å². The molecule has 0 amide bonds. The van der Waals surface area contributed by atoms with Gasteiger partial charge in [0.2, 0.25) is 0 Å². The molecule has 0 unspecified atom stereocenters. The lowest BCUT2D eigenvalue weighted by molar-refractivity contribution is 0.0239. The summed E-state index contributed by atoms with van der Waals surface area (Å²) in [5.74, 6) is 0. The maximum atomic E-state index is 11.8. The summed E-state index contributed by atoms with van der Waals surface area (Å²) in [7, 11) is 1.57. The lowest BCUT2D eigenvalue weighted by Gasteiger charge is -2.33. The molecule has 2 nitrogen and oxygen atoms in total. The Hall–Kier alpha value is -0.220.